The molecule has 1 aliphatic rings. The molecule has 0 bridgehead atoms. The molecule has 134 valence electrons. The van der Waals surface area contributed by atoms with Gasteiger partial charge in [-0.3, -0.25) is 4.79 Å². The third-order valence-corrected chi connectivity index (χ3v) is 4.11. The molecule has 0 atom stereocenters. The van der Waals surface area contributed by atoms with Gasteiger partial charge in [-0.05, 0) is 57.7 Å². The Morgan fingerprint density at radius 1 is 1.32 bits per heavy atom. The van der Waals surface area contributed by atoms with E-state index in [1.807, 2.05) is 20.8 Å². The molecule has 0 unspecified atom stereocenters. The number of amides is 2. The van der Waals surface area contributed by atoms with Crippen molar-refractivity contribution in [1.29, 1.82) is 0 Å². The fraction of sp³-hybridized carbons (Fsp3) is 0.500. The number of nitrogens with zero attached hydrogens (tertiary/aromatic N) is 1. The summed E-state index contributed by atoms with van der Waals surface area (Å²) >= 11 is 0. The summed E-state index contributed by atoms with van der Waals surface area (Å²) in [4.78, 5) is 26.0. The first-order valence-electron chi connectivity index (χ1n) is 8.61. The average Bonchev–Trinajstić information content (AvgIpc) is 2.58. The lowest BCUT2D eigenvalue weighted by atomic mass is 9.97. The van der Waals surface area contributed by atoms with Gasteiger partial charge in [-0.1, -0.05) is 12.0 Å². The van der Waals surface area contributed by atoms with Crippen LogP contribution in [-0.4, -0.2) is 42.1 Å². The molecule has 1 aromatic carbocycles. The largest absolute Gasteiger partial charge is 0.444 e. The summed E-state index contributed by atoms with van der Waals surface area (Å²) < 4.78 is 5.39. The highest BCUT2D eigenvalue weighted by atomic mass is 16.6. The van der Waals surface area contributed by atoms with E-state index in [9.17, 15) is 9.59 Å². The molecule has 1 saturated heterocycles. The lowest BCUT2D eigenvalue weighted by Crippen LogP contribution is -2.43. The van der Waals surface area contributed by atoms with Gasteiger partial charge in [0.05, 0.1) is 0 Å². The molecule has 1 aliphatic heterocycles. The molecule has 0 saturated carbocycles. The number of rotatable bonds is 3. The first-order chi connectivity index (χ1) is 11.8. The number of hydrogen-bond acceptors (Lipinski definition) is 3. The molecule has 2 rings (SSSR count). The van der Waals surface area contributed by atoms with Gasteiger partial charge in [-0.2, -0.15) is 0 Å². The summed E-state index contributed by atoms with van der Waals surface area (Å²) in [5.74, 6) is 2.77. The molecule has 0 spiro atoms. The lowest BCUT2D eigenvalue weighted by molar-refractivity contribution is 0.0183. The quantitative estimate of drug-likeness (QED) is 0.859. The van der Waals surface area contributed by atoms with E-state index < -0.39 is 5.60 Å². The predicted molar refractivity (Wildman–Crippen MR) is 97.2 cm³/mol. The zero-order valence-corrected chi connectivity index (χ0v) is 15.2. The van der Waals surface area contributed by atoms with E-state index in [1.54, 1.807) is 29.2 Å². The van der Waals surface area contributed by atoms with Crippen molar-refractivity contribution in [3.05, 3.63) is 35.4 Å². The SMILES string of the molecule is C#Cc1cccc(C(=O)NCC2CCN(C(=O)OC(C)(C)C)CC2)c1. The van der Waals surface area contributed by atoms with Crippen LogP contribution in [0.15, 0.2) is 24.3 Å². The van der Waals surface area contributed by atoms with Gasteiger partial charge in [-0.25, -0.2) is 4.79 Å². The van der Waals surface area contributed by atoms with Crippen molar-refractivity contribution < 1.29 is 14.3 Å². The standard InChI is InChI=1S/C20H26N2O3/c1-5-15-7-6-8-17(13-15)18(23)21-14-16-9-11-22(12-10-16)19(24)25-20(2,3)4/h1,6-8,13,16H,9-12,14H2,2-4H3,(H,21,23). The predicted octanol–water partition coefficient (Wildman–Crippen LogP) is 3.04. The number of benzene rings is 1. The van der Waals surface area contributed by atoms with Crippen molar-refractivity contribution in [2.75, 3.05) is 19.6 Å². The van der Waals surface area contributed by atoms with Crippen molar-refractivity contribution in [3.63, 3.8) is 0 Å². The third kappa shape index (κ3) is 5.82. The van der Waals surface area contributed by atoms with Crippen molar-refractivity contribution >= 4 is 12.0 Å². The van der Waals surface area contributed by atoms with Gasteiger partial charge in [0.15, 0.2) is 0 Å². The van der Waals surface area contributed by atoms with E-state index in [1.165, 1.54) is 0 Å². The monoisotopic (exact) mass is 342 g/mol. The van der Waals surface area contributed by atoms with Crippen molar-refractivity contribution in [2.45, 2.75) is 39.2 Å². The van der Waals surface area contributed by atoms with E-state index in [0.717, 1.165) is 12.8 Å². The second kappa shape index (κ2) is 8.06. The lowest BCUT2D eigenvalue weighted by Gasteiger charge is -2.33. The highest BCUT2D eigenvalue weighted by Gasteiger charge is 2.27. The number of carbonyl (C=O) groups is 2. The maximum atomic E-state index is 12.2. The minimum atomic E-state index is -0.477. The van der Waals surface area contributed by atoms with Gasteiger partial charge in [0.25, 0.3) is 5.91 Å². The van der Waals surface area contributed by atoms with Crippen LogP contribution in [-0.2, 0) is 4.74 Å². The number of carbonyl (C=O) groups excluding carboxylic acids is 2. The number of piperidine rings is 1. The second-order valence-corrected chi connectivity index (χ2v) is 7.35. The van der Waals surface area contributed by atoms with E-state index in [0.29, 0.717) is 36.7 Å². The van der Waals surface area contributed by atoms with Crippen LogP contribution in [0.5, 0.6) is 0 Å². The Labute approximate surface area is 149 Å². The molecule has 1 heterocycles. The number of ether oxygens (including phenoxy) is 1. The smallest absolute Gasteiger partial charge is 0.410 e. The molecular weight excluding hydrogens is 316 g/mol. The fourth-order valence-corrected chi connectivity index (χ4v) is 2.74. The second-order valence-electron chi connectivity index (χ2n) is 7.35. The average molecular weight is 342 g/mol. The van der Waals surface area contributed by atoms with Crippen molar-refractivity contribution in [1.82, 2.24) is 10.2 Å². The minimum Gasteiger partial charge on any atom is -0.444 e. The van der Waals surface area contributed by atoms with Gasteiger partial charge in [0.1, 0.15) is 5.60 Å². The first-order valence-corrected chi connectivity index (χ1v) is 8.61. The summed E-state index contributed by atoms with van der Waals surface area (Å²) in [6.45, 7) is 7.50. The molecule has 1 N–H and O–H groups in total. The van der Waals surface area contributed by atoms with E-state index >= 15 is 0 Å². The molecule has 0 aliphatic carbocycles. The molecule has 5 heteroatoms. The zero-order chi connectivity index (χ0) is 18.4. The van der Waals surface area contributed by atoms with Crippen LogP contribution in [0, 0.1) is 18.3 Å². The molecule has 25 heavy (non-hydrogen) atoms. The summed E-state index contributed by atoms with van der Waals surface area (Å²) in [6, 6.07) is 7.04. The number of hydrogen-bond donors (Lipinski definition) is 1. The van der Waals surface area contributed by atoms with E-state index in [-0.39, 0.29) is 12.0 Å². The Morgan fingerprint density at radius 2 is 2.00 bits per heavy atom. The zero-order valence-electron chi connectivity index (χ0n) is 15.2. The van der Waals surface area contributed by atoms with Gasteiger partial charge < -0.3 is 15.0 Å². The molecule has 0 radical (unpaired) electrons. The number of nitrogens with one attached hydrogen (secondary N) is 1. The maximum absolute atomic E-state index is 12.2. The van der Waals surface area contributed by atoms with Crippen LogP contribution in [0.3, 0.4) is 0 Å². The summed E-state index contributed by atoms with van der Waals surface area (Å²) in [5.41, 5.74) is 0.787. The molecule has 1 fully saturated rings. The van der Waals surface area contributed by atoms with Crippen LogP contribution in [0.2, 0.25) is 0 Å². The molecule has 0 aromatic heterocycles. The van der Waals surface area contributed by atoms with Gasteiger partial charge in [0.2, 0.25) is 0 Å². The van der Waals surface area contributed by atoms with E-state index in [4.69, 9.17) is 11.2 Å². The molecule has 2 amide bonds. The van der Waals surface area contributed by atoms with Crippen molar-refractivity contribution in [2.24, 2.45) is 5.92 Å². The molecule has 5 nitrogen and oxygen atoms in total. The van der Waals surface area contributed by atoms with Crippen LogP contribution in [0.4, 0.5) is 4.79 Å². The summed E-state index contributed by atoms with van der Waals surface area (Å²) in [5, 5.41) is 2.96. The Kier molecular flexibility index (Phi) is 6.08. The Morgan fingerprint density at radius 3 is 2.60 bits per heavy atom. The summed E-state index contributed by atoms with van der Waals surface area (Å²) in [6.07, 6.45) is 6.80. The van der Waals surface area contributed by atoms with Gasteiger partial charge >= 0.3 is 6.09 Å². The van der Waals surface area contributed by atoms with E-state index in [2.05, 4.69) is 11.2 Å². The third-order valence-electron chi connectivity index (χ3n) is 4.11. The van der Waals surface area contributed by atoms with Crippen molar-refractivity contribution in [3.8, 4) is 12.3 Å². The highest BCUT2D eigenvalue weighted by Crippen LogP contribution is 2.19. The maximum Gasteiger partial charge on any atom is 0.410 e. The van der Waals surface area contributed by atoms with Gasteiger partial charge in [-0.15, -0.1) is 6.42 Å². The fourth-order valence-electron chi connectivity index (χ4n) is 2.74. The highest BCUT2D eigenvalue weighted by molar-refractivity contribution is 5.94. The topological polar surface area (TPSA) is 58.6 Å². The van der Waals surface area contributed by atoms with Crippen LogP contribution >= 0.6 is 0 Å². The Balaban J connectivity index is 1.78. The van der Waals surface area contributed by atoms with Crippen LogP contribution in [0.25, 0.3) is 0 Å². The normalized spacial score (nSPS) is 15.4. The number of likely N-dealkylation sites (tertiary alicyclic amines) is 1. The minimum absolute atomic E-state index is 0.119. The Hall–Kier alpha value is -2.48. The number of terminal acetylenes is 1. The summed E-state index contributed by atoms with van der Waals surface area (Å²) in [7, 11) is 0. The Bertz CT molecular complexity index is 662. The van der Waals surface area contributed by atoms with Crippen LogP contribution in [0.1, 0.15) is 49.5 Å². The molecule has 1 aromatic rings. The van der Waals surface area contributed by atoms with Crippen LogP contribution < -0.4 is 5.32 Å². The first kappa shape index (κ1) is 18.9. The van der Waals surface area contributed by atoms with Gasteiger partial charge in [0, 0.05) is 30.8 Å². The molecular formula is C20H26N2O3.